The Hall–Kier alpha value is -2.67. The predicted octanol–water partition coefficient (Wildman–Crippen LogP) is 1.55. The number of carbonyl (C=O) groups excluding carboxylic acids is 1. The number of hydrogen-bond donors (Lipinski definition) is 1. The van der Waals surface area contributed by atoms with Gasteiger partial charge in [-0.25, -0.2) is 4.79 Å². The number of carbonyl (C=O) groups is 1. The monoisotopic (exact) mass is 551 g/mol. The third-order valence-electron chi connectivity index (χ3n) is 7.77. The van der Waals surface area contributed by atoms with Crippen LogP contribution in [0.1, 0.15) is 30.4 Å². The highest BCUT2D eigenvalue weighted by atomic mass is 79.9. The summed E-state index contributed by atoms with van der Waals surface area (Å²) < 4.78 is 13.0. The van der Waals surface area contributed by atoms with Gasteiger partial charge in [0.2, 0.25) is 5.60 Å². The summed E-state index contributed by atoms with van der Waals surface area (Å²) in [6.45, 7) is 4.73. The average Bonchev–Trinajstić information content (AvgIpc) is 2.93. The van der Waals surface area contributed by atoms with Crippen LogP contribution in [0.3, 0.4) is 0 Å². The Kier molecular flexibility index (Phi) is 8.50. The summed E-state index contributed by atoms with van der Waals surface area (Å²) in [4.78, 5) is 13.6. The van der Waals surface area contributed by atoms with E-state index in [4.69, 9.17) is 9.47 Å². The van der Waals surface area contributed by atoms with Crippen molar-refractivity contribution in [3.05, 3.63) is 102 Å². The Bertz CT molecular complexity index is 1060. The van der Waals surface area contributed by atoms with E-state index in [-0.39, 0.29) is 23.1 Å². The molecule has 0 aromatic heterocycles. The fourth-order valence-electron chi connectivity index (χ4n) is 5.76. The average molecular weight is 553 g/mol. The first kappa shape index (κ1) is 26.4. The van der Waals surface area contributed by atoms with Crippen molar-refractivity contribution in [2.24, 2.45) is 5.92 Å². The molecule has 6 rings (SSSR count). The van der Waals surface area contributed by atoms with Crippen LogP contribution in [0, 0.1) is 5.92 Å². The van der Waals surface area contributed by atoms with E-state index in [0.717, 1.165) is 55.7 Å². The SMILES string of the molecule is O=C(O[C@H]1C[N+]2(CCCOc3ccccc3)CCC1CC2)C(O)(c1ccccc1)c1ccccc1.[Br-]. The van der Waals surface area contributed by atoms with E-state index in [1.54, 1.807) is 24.3 Å². The molecule has 3 aliphatic rings. The summed E-state index contributed by atoms with van der Waals surface area (Å²) >= 11 is 0. The molecule has 0 amide bonds. The van der Waals surface area contributed by atoms with E-state index < -0.39 is 11.6 Å². The Morgan fingerprint density at radius 3 is 1.94 bits per heavy atom. The molecular weight excluding hydrogens is 518 g/mol. The number of ether oxygens (including phenoxy) is 2. The number of benzene rings is 3. The zero-order valence-corrected chi connectivity index (χ0v) is 22.1. The van der Waals surface area contributed by atoms with Gasteiger partial charge in [0.05, 0.1) is 26.2 Å². The van der Waals surface area contributed by atoms with Crippen molar-refractivity contribution in [2.45, 2.75) is 31.0 Å². The quantitative estimate of drug-likeness (QED) is 0.249. The number of esters is 1. The van der Waals surface area contributed by atoms with E-state index in [9.17, 15) is 9.90 Å². The lowest BCUT2D eigenvalue weighted by Crippen LogP contribution is -3.00. The van der Waals surface area contributed by atoms with Gasteiger partial charge in [-0.1, -0.05) is 78.9 Å². The van der Waals surface area contributed by atoms with E-state index in [2.05, 4.69) is 0 Å². The lowest BCUT2D eigenvalue weighted by Gasteiger charge is -2.52. The lowest BCUT2D eigenvalue weighted by atomic mass is 9.82. The Morgan fingerprint density at radius 2 is 1.39 bits per heavy atom. The second kappa shape index (κ2) is 11.6. The minimum Gasteiger partial charge on any atom is -1.00 e. The number of fused-ring (bicyclic) bond motifs is 3. The van der Waals surface area contributed by atoms with Gasteiger partial charge in [0.25, 0.3) is 0 Å². The second-order valence-corrected chi connectivity index (χ2v) is 9.93. The van der Waals surface area contributed by atoms with Gasteiger partial charge in [0, 0.05) is 25.2 Å². The molecule has 0 aliphatic carbocycles. The van der Waals surface area contributed by atoms with Crippen LogP contribution in [0.5, 0.6) is 5.75 Å². The maximum absolute atomic E-state index is 13.6. The molecule has 3 aliphatic heterocycles. The molecule has 3 saturated heterocycles. The molecule has 3 aromatic carbocycles. The van der Waals surface area contributed by atoms with E-state index in [1.165, 1.54) is 0 Å². The van der Waals surface area contributed by atoms with E-state index in [0.29, 0.717) is 23.7 Å². The molecule has 36 heavy (non-hydrogen) atoms. The summed E-state index contributed by atoms with van der Waals surface area (Å²) in [6.07, 6.45) is 2.87. The number of hydrogen-bond acceptors (Lipinski definition) is 4. The first-order valence-corrected chi connectivity index (χ1v) is 12.7. The summed E-state index contributed by atoms with van der Waals surface area (Å²) in [6, 6.07) is 28.1. The van der Waals surface area contributed by atoms with Crippen molar-refractivity contribution in [1.29, 1.82) is 0 Å². The maximum Gasteiger partial charge on any atom is 0.348 e. The van der Waals surface area contributed by atoms with Gasteiger partial charge in [-0.15, -0.1) is 0 Å². The Balaban J connectivity index is 0.00000304. The highest BCUT2D eigenvalue weighted by Crippen LogP contribution is 2.38. The molecule has 6 heteroatoms. The van der Waals surface area contributed by atoms with Crippen LogP contribution in [-0.4, -0.2) is 54.4 Å². The Morgan fingerprint density at radius 1 is 0.861 bits per heavy atom. The third-order valence-corrected chi connectivity index (χ3v) is 7.77. The minimum atomic E-state index is -1.83. The minimum absolute atomic E-state index is 0. The normalized spacial score (nSPS) is 22.9. The van der Waals surface area contributed by atoms with Gasteiger partial charge in [-0.05, 0) is 23.3 Å². The van der Waals surface area contributed by atoms with Crippen molar-refractivity contribution in [3.63, 3.8) is 0 Å². The molecule has 0 radical (unpaired) electrons. The number of rotatable bonds is 9. The molecule has 3 aromatic rings. The highest BCUT2D eigenvalue weighted by Gasteiger charge is 2.50. The fraction of sp³-hybridized carbons (Fsp3) is 0.367. The number of halogens is 1. The molecule has 5 nitrogen and oxygen atoms in total. The molecule has 3 heterocycles. The maximum atomic E-state index is 13.6. The molecule has 3 fully saturated rings. The number of para-hydroxylation sites is 1. The third kappa shape index (κ3) is 5.51. The molecule has 1 N–H and O–H groups in total. The van der Waals surface area contributed by atoms with Crippen molar-refractivity contribution >= 4 is 5.97 Å². The molecular formula is C30H34BrNO4. The highest BCUT2D eigenvalue weighted by molar-refractivity contribution is 5.85. The molecule has 0 saturated carbocycles. The van der Waals surface area contributed by atoms with Crippen LogP contribution in [0.25, 0.3) is 0 Å². The number of nitrogens with zero attached hydrogens (tertiary/aromatic N) is 1. The Labute approximate surface area is 224 Å². The topological polar surface area (TPSA) is 55.8 Å². The summed E-state index contributed by atoms with van der Waals surface area (Å²) in [5.41, 5.74) is -0.776. The van der Waals surface area contributed by atoms with Crippen molar-refractivity contribution in [3.8, 4) is 5.75 Å². The summed E-state index contributed by atoms with van der Waals surface area (Å²) in [5.74, 6) is 0.673. The van der Waals surface area contributed by atoms with Gasteiger partial charge >= 0.3 is 5.97 Å². The smallest absolute Gasteiger partial charge is 0.348 e. The lowest BCUT2D eigenvalue weighted by molar-refractivity contribution is -0.946. The van der Waals surface area contributed by atoms with Crippen molar-refractivity contribution < 1.29 is 40.8 Å². The van der Waals surface area contributed by atoms with Crippen molar-refractivity contribution in [1.82, 2.24) is 0 Å². The van der Waals surface area contributed by atoms with E-state index in [1.807, 2.05) is 66.7 Å². The first-order chi connectivity index (χ1) is 17.1. The molecule has 1 atom stereocenters. The van der Waals surface area contributed by atoms with Gasteiger partial charge in [-0.3, -0.25) is 0 Å². The zero-order chi connectivity index (χ0) is 24.1. The van der Waals surface area contributed by atoms with Crippen LogP contribution >= 0.6 is 0 Å². The molecule has 0 spiro atoms. The number of quaternary nitrogens is 1. The van der Waals surface area contributed by atoms with Gasteiger partial charge < -0.3 is 36.0 Å². The number of aliphatic hydroxyl groups is 1. The molecule has 0 unspecified atom stereocenters. The van der Waals surface area contributed by atoms with Gasteiger partial charge in [-0.2, -0.15) is 0 Å². The molecule has 190 valence electrons. The van der Waals surface area contributed by atoms with Crippen LogP contribution in [0.2, 0.25) is 0 Å². The van der Waals surface area contributed by atoms with Gasteiger partial charge in [0.1, 0.15) is 12.3 Å². The summed E-state index contributed by atoms with van der Waals surface area (Å²) in [5, 5.41) is 11.8. The fourth-order valence-corrected chi connectivity index (χ4v) is 5.76. The number of piperidine rings is 3. The standard InChI is InChI=1S/C30H34NO4.BrH/c32-29(30(33,25-11-4-1-5-12-25)26-13-6-2-7-14-26)35-28-23-31(20-17-24(28)18-21-31)19-10-22-34-27-15-8-3-9-16-27;/h1-9,11-16,24,28,33H,10,17-23H2;1H/q+1;/p-1/t24?,28-,31?;/m0./s1. The van der Waals surface area contributed by atoms with Gasteiger partial charge in [0.15, 0.2) is 6.10 Å². The van der Waals surface area contributed by atoms with Crippen LogP contribution in [0.15, 0.2) is 91.0 Å². The zero-order valence-electron chi connectivity index (χ0n) is 20.5. The second-order valence-electron chi connectivity index (χ2n) is 9.93. The van der Waals surface area contributed by atoms with E-state index >= 15 is 0 Å². The predicted molar refractivity (Wildman–Crippen MR) is 135 cm³/mol. The first-order valence-electron chi connectivity index (χ1n) is 12.7. The molecule has 2 bridgehead atoms. The summed E-state index contributed by atoms with van der Waals surface area (Å²) in [7, 11) is 0. The largest absolute Gasteiger partial charge is 1.00 e. The van der Waals surface area contributed by atoms with Crippen LogP contribution in [-0.2, 0) is 15.1 Å². The van der Waals surface area contributed by atoms with Crippen molar-refractivity contribution in [2.75, 3.05) is 32.8 Å². The van der Waals surface area contributed by atoms with Crippen LogP contribution < -0.4 is 21.7 Å². The van der Waals surface area contributed by atoms with Crippen LogP contribution in [0.4, 0.5) is 0 Å².